The molecule has 0 aliphatic carbocycles. The SMILES string of the molecule is CCN(CC)c1cc(C)nc(Nc2ccc(NS(=O)(=O)c3cc(Cl)ccc3OC)cc2)n1. The molecule has 0 amide bonds. The van der Waals surface area contributed by atoms with Crippen LogP contribution in [0.2, 0.25) is 5.02 Å². The van der Waals surface area contributed by atoms with E-state index in [1.807, 2.05) is 13.0 Å². The number of nitrogens with one attached hydrogen (secondary N) is 2. The van der Waals surface area contributed by atoms with E-state index in [4.69, 9.17) is 16.3 Å². The van der Waals surface area contributed by atoms with Crippen LogP contribution in [0.4, 0.5) is 23.1 Å². The van der Waals surface area contributed by atoms with Gasteiger partial charge in [0.15, 0.2) is 0 Å². The zero-order valence-electron chi connectivity index (χ0n) is 18.4. The van der Waals surface area contributed by atoms with Gasteiger partial charge < -0.3 is 15.0 Å². The van der Waals surface area contributed by atoms with Crippen molar-refractivity contribution in [2.45, 2.75) is 25.7 Å². The minimum absolute atomic E-state index is 0.0354. The molecule has 3 rings (SSSR count). The predicted molar refractivity (Wildman–Crippen MR) is 129 cm³/mol. The third kappa shape index (κ3) is 5.60. The minimum Gasteiger partial charge on any atom is -0.495 e. The molecule has 3 aromatic rings. The third-order valence-corrected chi connectivity index (χ3v) is 6.37. The van der Waals surface area contributed by atoms with Gasteiger partial charge in [-0.05, 0) is 63.2 Å². The Kier molecular flexibility index (Phi) is 7.42. The maximum Gasteiger partial charge on any atom is 0.265 e. The first kappa shape index (κ1) is 23.6. The summed E-state index contributed by atoms with van der Waals surface area (Å²) in [6.07, 6.45) is 0. The van der Waals surface area contributed by atoms with Crippen LogP contribution in [0.1, 0.15) is 19.5 Å². The molecular formula is C22H26ClN5O3S. The smallest absolute Gasteiger partial charge is 0.265 e. The molecule has 0 unspecified atom stereocenters. The molecule has 1 heterocycles. The van der Waals surface area contributed by atoms with Gasteiger partial charge >= 0.3 is 0 Å². The molecule has 0 bridgehead atoms. The summed E-state index contributed by atoms with van der Waals surface area (Å²) in [5.41, 5.74) is 1.97. The first-order valence-corrected chi connectivity index (χ1v) is 12.0. The Hall–Kier alpha value is -3.04. The highest BCUT2D eigenvalue weighted by molar-refractivity contribution is 7.92. The minimum atomic E-state index is -3.89. The maximum absolute atomic E-state index is 12.8. The molecule has 0 saturated carbocycles. The standard InChI is InChI=1S/C22H26ClN5O3S/c1-5-28(6-2)21-13-15(3)24-22(26-21)25-17-8-10-18(11-9-17)27-32(29,30)20-14-16(23)7-12-19(20)31-4/h7-14,27H,5-6H2,1-4H3,(H,24,25,26). The number of aromatic nitrogens is 2. The molecule has 0 aliphatic rings. The molecule has 170 valence electrons. The summed E-state index contributed by atoms with van der Waals surface area (Å²) in [6, 6.07) is 13.2. The zero-order valence-corrected chi connectivity index (χ0v) is 20.0. The van der Waals surface area contributed by atoms with E-state index < -0.39 is 10.0 Å². The van der Waals surface area contributed by atoms with Crippen molar-refractivity contribution in [2.75, 3.05) is 35.1 Å². The summed E-state index contributed by atoms with van der Waals surface area (Å²) >= 11 is 5.97. The number of sulfonamides is 1. The van der Waals surface area contributed by atoms with Crippen LogP contribution in [-0.4, -0.2) is 38.6 Å². The summed E-state index contributed by atoms with van der Waals surface area (Å²) in [5.74, 6) is 1.54. The number of methoxy groups -OCH3 is 1. The lowest BCUT2D eigenvalue weighted by atomic mass is 10.3. The molecule has 32 heavy (non-hydrogen) atoms. The lowest BCUT2D eigenvalue weighted by Crippen LogP contribution is -2.23. The van der Waals surface area contributed by atoms with Gasteiger partial charge in [-0.3, -0.25) is 4.72 Å². The Morgan fingerprint density at radius 2 is 1.66 bits per heavy atom. The van der Waals surface area contributed by atoms with Gasteiger partial charge in [0.2, 0.25) is 5.95 Å². The number of aryl methyl sites for hydroxylation is 1. The quantitative estimate of drug-likeness (QED) is 0.457. The monoisotopic (exact) mass is 475 g/mol. The van der Waals surface area contributed by atoms with Gasteiger partial charge in [-0.2, -0.15) is 4.98 Å². The summed E-state index contributed by atoms with van der Waals surface area (Å²) in [5, 5.41) is 3.47. The van der Waals surface area contributed by atoms with E-state index in [0.29, 0.717) is 16.7 Å². The molecule has 2 N–H and O–H groups in total. The molecule has 0 saturated heterocycles. The van der Waals surface area contributed by atoms with Gasteiger partial charge in [-0.25, -0.2) is 13.4 Å². The normalized spacial score (nSPS) is 11.2. The molecule has 0 spiro atoms. The van der Waals surface area contributed by atoms with Crippen LogP contribution in [0.25, 0.3) is 0 Å². The van der Waals surface area contributed by atoms with Gasteiger partial charge in [-0.15, -0.1) is 0 Å². The molecule has 0 fully saturated rings. The van der Waals surface area contributed by atoms with E-state index in [1.165, 1.54) is 19.2 Å². The fraction of sp³-hybridized carbons (Fsp3) is 0.273. The van der Waals surface area contributed by atoms with E-state index in [-0.39, 0.29) is 10.6 Å². The van der Waals surface area contributed by atoms with Crippen LogP contribution >= 0.6 is 11.6 Å². The van der Waals surface area contributed by atoms with E-state index >= 15 is 0 Å². The molecular weight excluding hydrogens is 450 g/mol. The highest BCUT2D eigenvalue weighted by Gasteiger charge is 2.20. The largest absolute Gasteiger partial charge is 0.495 e. The van der Waals surface area contributed by atoms with Crippen LogP contribution in [0.15, 0.2) is 53.4 Å². The Morgan fingerprint density at radius 3 is 2.28 bits per heavy atom. The Balaban J connectivity index is 1.78. The Morgan fingerprint density at radius 1 is 1.00 bits per heavy atom. The van der Waals surface area contributed by atoms with Crippen molar-refractivity contribution < 1.29 is 13.2 Å². The summed E-state index contributed by atoms with van der Waals surface area (Å²) in [4.78, 5) is 11.1. The van der Waals surface area contributed by atoms with Crippen molar-refractivity contribution in [3.05, 3.63) is 59.2 Å². The predicted octanol–water partition coefficient (Wildman–Crippen LogP) is 4.84. The van der Waals surface area contributed by atoms with Gasteiger partial charge in [0, 0.05) is 41.2 Å². The number of halogens is 1. The third-order valence-electron chi connectivity index (χ3n) is 4.74. The van der Waals surface area contributed by atoms with E-state index in [2.05, 4.69) is 38.8 Å². The second-order valence-electron chi connectivity index (χ2n) is 6.97. The first-order chi connectivity index (χ1) is 15.2. The molecule has 10 heteroatoms. The fourth-order valence-corrected chi connectivity index (χ4v) is 4.63. The Labute approximate surface area is 193 Å². The van der Waals surface area contributed by atoms with E-state index in [0.717, 1.165) is 30.3 Å². The summed E-state index contributed by atoms with van der Waals surface area (Å²) in [7, 11) is -2.48. The topological polar surface area (TPSA) is 96.5 Å². The first-order valence-electron chi connectivity index (χ1n) is 10.1. The number of anilines is 4. The lowest BCUT2D eigenvalue weighted by Gasteiger charge is -2.20. The molecule has 0 aliphatic heterocycles. The molecule has 8 nitrogen and oxygen atoms in total. The van der Waals surface area contributed by atoms with Crippen molar-refractivity contribution in [3.63, 3.8) is 0 Å². The van der Waals surface area contributed by atoms with Crippen molar-refractivity contribution in [1.29, 1.82) is 0 Å². The van der Waals surface area contributed by atoms with Gasteiger partial charge in [0.1, 0.15) is 16.5 Å². The van der Waals surface area contributed by atoms with Gasteiger partial charge in [-0.1, -0.05) is 11.6 Å². The van der Waals surface area contributed by atoms with Crippen molar-refractivity contribution in [3.8, 4) is 5.75 Å². The second kappa shape index (κ2) is 10.1. The highest BCUT2D eigenvalue weighted by Crippen LogP contribution is 2.29. The number of benzene rings is 2. The molecule has 2 aromatic carbocycles. The number of nitrogens with zero attached hydrogens (tertiary/aromatic N) is 3. The molecule has 1 aromatic heterocycles. The lowest BCUT2D eigenvalue weighted by molar-refractivity contribution is 0.403. The van der Waals surface area contributed by atoms with Crippen LogP contribution in [0.3, 0.4) is 0 Å². The molecule has 0 atom stereocenters. The fourth-order valence-electron chi connectivity index (χ4n) is 3.14. The van der Waals surface area contributed by atoms with Crippen LogP contribution in [0, 0.1) is 6.92 Å². The van der Waals surface area contributed by atoms with Gasteiger partial charge in [0.25, 0.3) is 10.0 Å². The van der Waals surface area contributed by atoms with Crippen LogP contribution < -0.4 is 19.7 Å². The van der Waals surface area contributed by atoms with Crippen molar-refractivity contribution in [2.24, 2.45) is 0 Å². The highest BCUT2D eigenvalue weighted by atomic mass is 35.5. The average Bonchev–Trinajstić information content (AvgIpc) is 2.75. The summed E-state index contributed by atoms with van der Waals surface area (Å²) in [6.45, 7) is 7.76. The maximum atomic E-state index is 12.8. The number of rotatable bonds is 9. The zero-order chi connectivity index (χ0) is 23.3. The van der Waals surface area contributed by atoms with Crippen LogP contribution in [0.5, 0.6) is 5.75 Å². The van der Waals surface area contributed by atoms with Gasteiger partial charge in [0.05, 0.1) is 7.11 Å². The number of hydrogen-bond acceptors (Lipinski definition) is 7. The second-order valence-corrected chi connectivity index (χ2v) is 9.05. The average molecular weight is 476 g/mol. The molecule has 0 radical (unpaired) electrons. The number of hydrogen-bond donors (Lipinski definition) is 2. The summed E-state index contributed by atoms with van der Waals surface area (Å²) < 4.78 is 33.3. The van der Waals surface area contributed by atoms with Crippen molar-refractivity contribution in [1.82, 2.24) is 9.97 Å². The van der Waals surface area contributed by atoms with E-state index in [9.17, 15) is 8.42 Å². The van der Waals surface area contributed by atoms with Crippen molar-refractivity contribution >= 4 is 44.8 Å². The van der Waals surface area contributed by atoms with E-state index in [1.54, 1.807) is 30.3 Å². The Bertz CT molecular complexity index is 1180. The number of ether oxygens (including phenoxy) is 1. The van der Waals surface area contributed by atoms with Crippen LogP contribution in [-0.2, 0) is 10.0 Å².